The van der Waals surface area contributed by atoms with Crippen LogP contribution < -0.4 is 0 Å². The predicted octanol–water partition coefficient (Wildman–Crippen LogP) is 3.82. The topological polar surface area (TPSA) is 25.8 Å². The van der Waals surface area contributed by atoms with Gasteiger partial charge in [0.25, 0.3) is 0 Å². The van der Waals surface area contributed by atoms with Crippen molar-refractivity contribution in [2.75, 3.05) is 0 Å². The summed E-state index contributed by atoms with van der Waals surface area (Å²) in [5.74, 6) is 0. The van der Waals surface area contributed by atoms with Crippen molar-refractivity contribution < 1.29 is 0 Å². The Hall–Kier alpha value is -1.96. The Kier molecular flexibility index (Phi) is 2.69. The van der Waals surface area contributed by atoms with E-state index in [1.807, 2.05) is 25.4 Å². The van der Waals surface area contributed by atoms with E-state index in [2.05, 4.69) is 46.4 Å². The second-order valence-corrected chi connectivity index (χ2v) is 7.07. The van der Waals surface area contributed by atoms with Crippen LogP contribution in [0.5, 0.6) is 0 Å². The molecule has 0 N–H and O–H groups in total. The van der Waals surface area contributed by atoms with E-state index >= 15 is 0 Å². The fourth-order valence-corrected chi connectivity index (χ4v) is 4.86. The average molecular weight is 323 g/mol. The fourth-order valence-electron chi connectivity index (χ4n) is 2.52. The third-order valence-electron chi connectivity index (χ3n) is 3.55. The Morgan fingerprint density at radius 3 is 2.70 bits per heavy atom. The number of benzene rings is 1. The predicted molar refractivity (Wildman–Crippen MR) is 84.2 cm³/mol. The molecule has 0 radical (unpaired) electrons. The van der Waals surface area contributed by atoms with Crippen molar-refractivity contribution >= 4 is 33.8 Å². The summed E-state index contributed by atoms with van der Waals surface area (Å²) >= 11 is 0.389. The third-order valence-corrected chi connectivity index (χ3v) is 5.92. The Morgan fingerprint density at radius 1 is 0.900 bits per heavy atom. The first-order valence-corrected chi connectivity index (χ1v) is 8.23. The number of nitrogens with zero attached hydrogens (tertiary/aromatic N) is 2. The van der Waals surface area contributed by atoms with Gasteiger partial charge >= 0.3 is 122 Å². The van der Waals surface area contributed by atoms with Crippen molar-refractivity contribution in [3.05, 3.63) is 60.6 Å². The SMILES string of the molecule is Cc1ncccc1-c1cc2[se]c3ccccc3c2cn1. The van der Waals surface area contributed by atoms with Gasteiger partial charge in [-0.05, 0) is 0 Å². The number of hydrogen-bond acceptors (Lipinski definition) is 2. The van der Waals surface area contributed by atoms with E-state index in [1.165, 1.54) is 19.3 Å². The van der Waals surface area contributed by atoms with Crippen LogP contribution >= 0.6 is 0 Å². The van der Waals surface area contributed by atoms with Gasteiger partial charge < -0.3 is 0 Å². The molecule has 0 saturated carbocycles. The van der Waals surface area contributed by atoms with Gasteiger partial charge in [-0.2, -0.15) is 0 Å². The van der Waals surface area contributed by atoms with E-state index in [0.29, 0.717) is 14.5 Å². The molecular formula is C17H12N2Se. The van der Waals surface area contributed by atoms with Gasteiger partial charge in [0.05, 0.1) is 0 Å². The van der Waals surface area contributed by atoms with Crippen LogP contribution in [-0.4, -0.2) is 24.5 Å². The first-order valence-electron chi connectivity index (χ1n) is 6.52. The van der Waals surface area contributed by atoms with Crippen molar-refractivity contribution in [2.24, 2.45) is 0 Å². The van der Waals surface area contributed by atoms with Crippen molar-refractivity contribution in [1.29, 1.82) is 0 Å². The minimum atomic E-state index is 0.389. The molecule has 0 aliphatic carbocycles. The first kappa shape index (κ1) is 11.8. The molecule has 3 aromatic heterocycles. The molecule has 0 unspecified atom stereocenters. The van der Waals surface area contributed by atoms with Crippen LogP contribution in [0, 0.1) is 6.92 Å². The average Bonchev–Trinajstić information content (AvgIpc) is 2.85. The summed E-state index contributed by atoms with van der Waals surface area (Å²) in [5, 5.41) is 2.65. The third kappa shape index (κ3) is 1.79. The molecular weight excluding hydrogens is 311 g/mol. The molecule has 1 aromatic carbocycles. The summed E-state index contributed by atoms with van der Waals surface area (Å²) < 4.78 is 2.88. The van der Waals surface area contributed by atoms with Gasteiger partial charge in [-0.3, -0.25) is 0 Å². The van der Waals surface area contributed by atoms with Gasteiger partial charge in [-0.1, -0.05) is 0 Å². The Morgan fingerprint density at radius 2 is 1.80 bits per heavy atom. The molecule has 0 aliphatic rings. The zero-order valence-corrected chi connectivity index (χ0v) is 12.7. The van der Waals surface area contributed by atoms with E-state index < -0.39 is 0 Å². The zero-order valence-electron chi connectivity index (χ0n) is 11.0. The Labute approximate surface area is 122 Å². The van der Waals surface area contributed by atoms with Gasteiger partial charge in [0.1, 0.15) is 0 Å². The number of aryl methyl sites for hydroxylation is 1. The van der Waals surface area contributed by atoms with Crippen LogP contribution in [0.1, 0.15) is 5.69 Å². The molecule has 96 valence electrons. The molecule has 0 fully saturated rings. The monoisotopic (exact) mass is 324 g/mol. The summed E-state index contributed by atoms with van der Waals surface area (Å²) in [6, 6.07) is 14.9. The second kappa shape index (κ2) is 4.55. The molecule has 20 heavy (non-hydrogen) atoms. The molecule has 3 heteroatoms. The Bertz CT molecular complexity index is 924. The summed E-state index contributed by atoms with van der Waals surface area (Å²) in [4.78, 5) is 9.00. The van der Waals surface area contributed by atoms with Crippen molar-refractivity contribution in [3.8, 4) is 11.3 Å². The van der Waals surface area contributed by atoms with Gasteiger partial charge in [0.15, 0.2) is 0 Å². The van der Waals surface area contributed by atoms with Gasteiger partial charge in [0.2, 0.25) is 0 Å². The molecule has 4 aromatic rings. The first-order chi connectivity index (χ1) is 9.83. The second-order valence-electron chi connectivity index (χ2n) is 4.80. The zero-order chi connectivity index (χ0) is 13.5. The number of fused-ring (bicyclic) bond motifs is 3. The van der Waals surface area contributed by atoms with E-state index in [9.17, 15) is 0 Å². The van der Waals surface area contributed by atoms with E-state index in [4.69, 9.17) is 0 Å². The minimum absolute atomic E-state index is 0.389. The molecule has 0 spiro atoms. The van der Waals surface area contributed by atoms with Crippen molar-refractivity contribution in [3.63, 3.8) is 0 Å². The van der Waals surface area contributed by atoms with Crippen molar-refractivity contribution in [2.45, 2.75) is 6.92 Å². The molecule has 3 heterocycles. The van der Waals surface area contributed by atoms with E-state index in [-0.39, 0.29) is 0 Å². The number of aromatic nitrogens is 2. The van der Waals surface area contributed by atoms with Gasteiger partial charge in [-0.25, -0.2) is 0 Å². The van der Waals surface area contributed by atoms with Crippen LogP contribution in [0.2, 0.25) is 0 Å². The fraction of sp³-hybridized carbons (Fsp3) is 0.0588. The van der Waals surface area contributed by atoms with Crippen LogP contribution in [0.3, 0.4) is 0 Å². The molecule has 2 nitrogen and oxygen atoms in total. The normalized spacial score (nSPS) is 11.2. The summed E-state index contributed by atoms with van der Waals surface area (Å²) in [7, 11) is 0. The number of hydrogen-bond donors (Lipinski definition) is 0. The molecule has 0 saturated heterocycles. The van der Waals surface area contributed by atoms with E-state index in [1.54, 1.807) is 0 Å². The van der Waals surface area contributed by atoms with Gasteiger partial charge in [0, 0.05) is 0 Å². The molecule has 0 atom stereocenters. The van der Waals surface area contributed by atoms with Crippen LogP contribution in [0.25, 0.3) is 30.6 Å². The van der Waals surface area contributed by atoms with Crippen molar-refractivity contribution in [1.82, 2.24) is 9.97 Å². The Balaban J connectivity index is 2.00. The van der Waals surface area contributed by atoms with Crippen LogP contribution in [0.4, 0.5) is 0 Å². The van der Waals surface area contributed by atoms with E-state index in [0.717, 1.165) is 17.0 Å². The molecule has 0 aliphatic heterocycles. The summed E-state index contributed by atoms with van der Waals surface area (Å²) in [5.41, 5.74) is 3.19. The number of pyridine rings is 2. The van der Waals surface area contributed by atoms with Crippen LogP contribution in [0.15, 0.2) is 54.9 Å². The molecule has 0 bridgehead atoms. The maximum atomic E-state index is 4.65. The number of rotatable bonds is 1. The molecule has 4 rings (SSSR count). The maximum absolute atomic E-state index is 4.65. The van der Waals surface area contributed by atoms with Crippen LogP contribution in [-0.2, 0) is 0 Å². The molecule has 0 amide bonds. The quantitative estimate of drug-likeness (QED) is 0.498. The standard InChI is InChI=1S/C17H12N2Se/c1-11-12(6-4-8-18-11)15-9-17-14(10-19-15)13-5-2-3-7-16(13)20-17/h2-10H,1H3. The van der Waals surface area contributed by atoms with Gasteiger partial charge in [-0.15, -0.1) is 0 Å². The summed E-state index contributed by atoms with van der Waals surface area (Å²) in [6.07, 6.45) is 3.84. The summed E-state index contributed by atoms with van der Waals surface area (Å²) in [6.45, 7) is 2.03.